The van der Waals surface area contributed by atoms with Gasteiger partial charge in [-0.2, -0.15) is 0 Å². The van der Waals surface area contributed by atoms with E-state index < -0.39 is 0 Å². The lowest BCUT2D eigenvalue weighted by Gasteiger charge is -2.28. The Morgan fingerprint density at radius 1 is 1.33 bits per heavy atom. The van der Waals surface area contributed by atoms with E-state index in [1.807, 2.05) is 0 Å². The largest absolute Gasteiger partial charge is 0.312 e. The first-order chi connectivity index (χ1) is 3.79. The normalized spacial score (nSPS) is 19.0. The second-order valence-corrected chi connectivity index (χ2v) is 2.95. The topological polar surface area (TPSA) is 12.0 Å². The lowest BCUT2D eigenvalue weighted by molar-refractivity contribution is 0.318. The molecule has 9 heavy (non-hydrogen) atoms. The molecule has 2 heteroatoms. The molecule has 0 aromatic rings. The average Bonchev–Trinajstić information content (AvgIpc) is 1.55. The van der Waals surface area contributed by atoms with Crippen molar-refractivity contribution in [3.63, 3.8) is 0 Å². The van der Waals surface area contributed by atoms with Crippen LogP contribution in [0, 0.1) is 0 Å². The van der Waals surface area contributed by atoms with Crippen molar-refractivity contribution < 1.29 is 0 Å². The van der Waals surface area contributed by atoms with Crippen LogP contribution in [-0.2, 0) is 0 Å². The summed E-state index contributed by atoms with van der Waals surface area (Å²) in [6, 6.07) is 1.54. The van der Waals surface area contributed by atoms with Crippen LogP contribution >= 0.6 is 12.4 Å². The average molecular weight is 150 g/mol. The van der Waals surface area contributed by atoms with E-state index >= 15 is 0 Å². The Morgan fingerprint density at radius 3 is 2.00 bits per heavy atom. The standard InChI is InChI=1S/C7H15N.ClH/c1-6(2)8-7-4-3-5-7;/h6-8H,3-5H2,1-2H3;1H. The van der Waals surface area contributed by atoms with Crippen molar-refractivity contribution in [2.75, 3.05) is 0 Å². The van der Waals surface area contributed by atoms with Crippen molar-refractivity contribution in [3.8, 4) is 0 Å². The first-order valence-corrected chi connectivity index (χ1v) is 3.55. The molecular weight excluding hydrogens is 134 g/mol. The number of hydrogen-bond acceptors (Lipinski definition) is 1. The molecule has 0 amide bonds. The molecule has 1 saturated carbocycles. The van der Waals surface area contributed by atoms with Crippen LogP contribution in [-0.4, -0.2) is 12.1 Å². The van der Waals surface area contributed by atoms with Crippen LogP contribution in [0.25, 0.3) is 0 Å². The van der Waals surface area contributed by atoms with Crippen molar-refractivity contribution in [2.45, 2.75) is 45.2 Å². The molecule has 0 radical (unpaired) electrons. The van der Waals surface area contributed by atoms with Gasteiger partial charge in [0.05, 0.1) is 0 Å². The maximum atomic E-state index is 3.48. The van der Waals surface area contributed by atoms with E-state index in [0.717, 1.165) is 6.04 Å². The fourth-order valence-electron chi connectivity index (χ4n) is 1.05. The predicted molar refractivity (Wildman–Crippen MR) is 43.2 cm³/mol. The fourth-order valence-corrected chi connectivity index (χ4v) is 1.05. The SMILES string of the molecule is CC(C)NC1CCC1.Cl. The highest BCUT2D eigenvalue weighted by molar-refractivity contribution is 5.85. The van der Waals surface area contributed by atoms with Crippen LogP contribution in [0.15, 0.2) is 0 Å². The number of halogens is 1. The quantitative estimate of drug-likeness (QED) is 0.633. The van der Waals surface area contributed by atoms with E-state index in [2.05, 4.69) is 19.2 Å². The molecule has 1 nitrogen and oxygen atoms in total. The third kappa shape index (κ3) is 3.07. The van der Waals surface area contributed by atoms with E-state index in [0.29, 0.717) is 6.04 Å². The minimum Gasteiger partial charge on any atom is -0.312 e. The first kappa shape index (κ1) is 9.25. The molecule has 0 unspecified atom stereocenters. The lowest BCUT2D eigenvalue weighted by atomic mass is 9.93. The van der Waals surface area contributed by atoms with Gasteiger partial charge in [-0.15, -0.1) is 12.4 Å². The molecule has 1 aliphatic rings. The zero-order valence-electron chi connectivity index (χ0n) is 6.18. The summed E-state index contributed by atoms with van der Waals surface area (Å²) in [6.45, 7) is 4.41. The zero-order valence-corrected chi connectivity index (χ0v) is 7.00. The maximum absolute atomic E-state index is 3.48. The van der Waals surface area contributed by atoms with Crippen molar-refractivity contribution in [2.24, 2.45) is 0 Å². The second-order valence-electron chi connectivity index (χ2n) is 2.95. The molecular formula is C7H16ClN. The molecule has 0 aromatic heterocycles. The molecule has 1 aliphatic carbocycles. The summed E-state index contributed by atoms with van der Waals surface area (Å²) in [6.07, 6.45) is 4.24. The van der Waals surface area contributed by atoms with Gasteiger partial charge in [-0.05, 0) is 12.8 Å². The van der Waals surface area contributed by atoms with E-state index in [1.54, 1.807) is 0 Å². The van der Waals surface area contributed by atoms with Crippen LogP contribution in [0.3, 0.4) is 0 Å². The third-order valence-electron chi connectivity index (χ3n) is 1.67. The molecule has 0 spiro atoms. The van der Waals surface area contributed by atoms with Crippen LogP contribution < -0.4 is 5.32 Å². The van der Waals surface area contributed by atoms with Crippen molar-refractivity contribution in [1.29, 1.82) is 0 Å². The Hall–Kier alpha value is 0.250. The molecule has 0 bridgehead atoms. The second kappa shape index (κ2) is 4.13. The number of nitrogens with one attached hydrogen (secondary N) is 1. The van der Waals surface area contributed by atoms with Gasteiger partial charge < -0.3 is 5.32 Å². The highest BCUT2D eigenvalue weighted by atomic mass is 35.5. The number of hydrogen-bond donors (Lipinski definition) is 1. The Bertz CT molecular complexity index is 69.3. The Kier molecular flexibility index (Phi) is 4.24. The zero-order chi connectivity index (χ0) is 5.98. The van der Waals surface area contributed by atoms with E-state index in [9.17, 15) is 0 Å². The summed E-state index contributed by atoms with van der Waals surface area (Å²) in [7, 11) is 0. The summed E-state index contributed by atoms with van der Waals surface area (Å²) in [4.78, 5) is 0. The summed E-state index contributed by atoms with van der Waals surface area (Å²) in [5.74, 6) is 0. The smallest absolute Gasteiger partial charge is 0.00694 e. The summed E-state index contributed by atoms with van der Waals surface area (Å²) in [5, 5.41) is 3.48. The molecule has 1 fully saturated rings. The lowest BCUT2D eigenvalue weighted by Crippen LogP contribution is -2.39. The third-order valence-corrected chi connectivity index (χ3v) is 1.67. The monoisotopic (exact) mass is 149 g/mol. The molecule has 56 valence electrons. The molecule has 0 atom stereocenters. The predicted octanol–water partition coefficient (Wildman–Crippen LogP) is 1.96. The number of rotatable bonds is 2. The van der Waals surface area contributed by atoms with Crippen LogP contribution in [0.2, 0.25) is 0 Å². The molecule has 0 aliphatic heterocycles. The van der Waals surface area contributed by atoms with E-state index in [4.69, 9.17) is 0 Å². The molecule has 0 saturated heterocycles. The highest BCUT2D eigenvalue weighted by Crippen LogP contribution is 2.18. The van der Waals surface area contributed by atoms with Crippen LogP contribution in [0.1, 0.15) is 33.1 Å². The summed E-state index contributed by atoms with van der Waals surface area (Å²) in [5.41, 5.74) is 0. The first-order valence-electron chi connectivity index (χ1n) is 3.55. The Labute approximate surface area is 63.6 Å². The summed E-state index contributed by atoms with van der Waals surface area (Å²) >= 11 is 0. The van der Waals surface area contributed by atoms with Crippen molar-refractivity contribution >= 4 is 12.4 Å². The van der Waals surface area contributed by atoms with Crippen molar-refractivity contribution in [1.82, 2.24) is 5.32 Å². The van der Waals surface area contributed by atoms with Crippen LogP contribution in [0.5, 0.6) is 0 Å². The summed E-state index contributed by atoms with van der Waals surface area (Å²) < 4.78 is 0. The van der Waals surface area contributed by atoms with Crippen LogP contribution in [0.4, 0.5) is 0 Å². The van der Waals surface area contributed by atoms with Gasteiger partial charge in [0.25, 0.3) is 0 Å². The van der Waals surface area contributed by atoms with E-state index in [1.165, 1.54) is 19.3 Å². The van der Waals surface area contributed by atoms with Crippen molar-refractivity contribution in [3.05, 3.63) is 0 Å². The molecule has 1 N–H and O–H groups in total. The Balaban J connectivity index is 0.000000640. The van der Waals surface area contributed by atoms with Gasteiger partial charge in [0, 0.05) is 12.1 Å². The maximum Gasteiger partial charge on any atom is 0.00694 e. The van der Waals surface area contributed by atoms with Gasteiger partial charge in [0.2, 0.25) is 0 Å². The van der Waals surface area contributed by atoms with Gasteiger partial charge in [-0.1, -0.05) is 20.3 Å². The van der Waals surface area contributed by atoms with Gasteiger partial charge in [0.1, 0.15) is 0 Å². The van der Waals surface area contributed by atoms with Gasteiger partial charge in [0.15, 0.2) is 0 Å². The van der Waals surface area contributed by atoms with E-state index in [-0.39, 0.29) is 12.4 Å². The molecule has 0 aromatic carbocycles. The Morgan fingerprint density at radius 2 is 1.89 bits per heavy atom. The highest BCUT2D eigenvalue weighted by Gasteiger charge is 2.16. The minimum absolute atomic E-state index is 0. The van der Waals surface area contributed by atoms with Gasteiger partial charge in [-0.25, -0.2) is 0 Å². The molecule has 1 rings (SSSR count). The van der Waals surface area contributed by atoms with Gasteiger partial charge in [-0.3, -0.25) is 0 Å². The van der Waals surface area contributed by atoms with Gasteiger partial charge >= 0.3 is 0 Å². The minimum atomic E-state index is 0. The fraction of sp³-hybridized carbons (Fsp3) is 1.00. The molecule has 0 heterocycles.